The van der Waals surface area contributed by atoms with Crippen molar-refractivity contribution in [3.63, 3.8) is 0 Å². The van der Waals surface area contributed by atoms with Crippen molar-refractivity contribution < 1.29 is 14.3 Å². The number of halogens is 1. The van der Waals surface area contributed by atoms with Crippen LogP contribution in [-0.2, 0) is 0 Å². The second-order valence-corrected chi connectivity index (χ2v) is 5.18. The molecule has 1 aliphatic rings. The lowest BCUT2D eigenvalue weighted by Gasteiger charge is -2.30. The molecule has 0 aliphatic carbocycles. The van der Waals surface area contributed by atoms with Crippen molar-refractivity contribution in [1.29, 1.82) is 0 Å². The van der Waals surface area contributed by atoms with Crippen LogP contribution < -0.4 is 9.47 Å². The highest BCUT2D eigenvalue weighted by atomic mass is 35.5. The number of alkyl halides is 1. The van der Waals surface area contributed by atoms with Gasteiger partial charge in [0.05, 0.1) is 19.6 Å². The van der Waals surface area contributed by atoms with Gasteiger partial charge in [0, 0.05) is 18.7 Å². The van der Waals surface area contributed by atoms with Crippen LogP contribution in [0.3, 0.4) is 0 Å². The first kappa shape index (κ1) is 14.0. The van der Waals surface area contributed by atoms with Gasteiger partial charge < -0.3 is 14.4 Å². The molecule has 0 bridgehead atoms. The molecule has 4 nitrogen and oxygen atoms in total. The van der Waals surface area contributed by atoms with Gasteiger partial charge in [0.1, 0.15) is 0 Å². The van der Waals surface area contributed by atoms with Crippen LogP contribution >= 0.6 is 11.6 Å². The summed E-state index contributed by atoms with van der Waals surface area (Å²) in [6, 6.07) is 5.20. The summed E-state index contributed by atoms with van der Waals surface area (Å²) in [5, 5.41) is 0.0536. The standard InChI is InChI=1S/C14H18ClNO3/c1-18-12-6-5-10(8-13(12)19-2)14(17)16-7-3-4-11(15)9-16/h5-6,8,11H,3-4,7,9H2,1-2H3. The molecule has 1 fully saturated rings. The predicted octanol–water partition coefficient (Wildman–Crippen LogP) is 2.55. The zero-order valence-corrected chi connectivity index (χ0v) is 11.9. The molecular weight excluding hydrogens is 266 g/mol. The van der Waals surface area contributed by atoms with Gasteiger partial charge in [-0.3, -0.25) is 4.79 Å². The van der Waals surface area contributed by atoms with Crippen LogP contribution in [-0.4, -0.2) is 43.5 Å². The molecule has 104 valence electrons. The van der Waals surface area contributed by atoms with E-state index in [2.05, 4.69) is 0 Å². The van der Waals surface area contributed by atoms with E-state index in [1.807, 2.05) is 0 Å². The summed E-state index contributed by atoms with van der Waals surface area (Å²) < 4.78 is 10.4. The fourth-order valence-corrected chi connectivity index (χ4v) is 2.58. The fraction of sp³-hybridized carbons (Fsp3) is 0.500. The highest BCUT2D eigenvalue weighted by molar-refractivity contribution is 6.21. The summed E-state index contributed by atoms with van der Waals surface area (Å²) in [5.74, 6) is 1.17. The Morgan fingerprint density at radius 2 is 2.05 bits per heavy atom. The third kappa shape index (κ3) is 3.13. The molecule has 1 aromatic rings. The molecule has 1 heterocycles. The number of hydrogen-bond acceptors (Lipinski definition) is 3. The number of hydrogen-bond donors (Lipinski definition) is 0. The van der Waals surface area contributed by atoms with E-state index in [0.29, 0.717) is 23.6 Å². The van der Waals surface area contributed by atoms with Gasteiger partial charge in [-0.2, -0.15) is 0 Å². The summed E-state index contributed by atoms with van der Waals surface area (Å²) in [6.45, 7) is 1.37. The maximum atomic E-state index is 12.4. The molecule has 1 atom stereocenters. The number of piperidine rings is 1. The fourth-order valence-electron chi connectivity index (χ4n) is 2.26. The molecule has 0 spiro atoms. The average molecular weight is 284 g/mol. The highest BCUT2D eigenvalue weighted by Crippen LogP contribution is 2.28. The van der Waals surface area contributed by atoms with Crippen LogP contribution in [0.15, 0.2) is 18.2 Å². The highest BCUT2D eigenvalue weighted by Gasteiger charge is 2.23. The zero-order chi connectivity index (χ0) is 13.8. The lowest BCUT2D eigenvalue weighted by Crippen LogP contribution is -2.40. The van der Waals surface area contributed by atoms with E-state index in [0.717, 1.165) is 19.4 Å². The van der Waals surface area contributed by atoms with E-state index in [1.165, 1.54) is 0 Å². The topological polar surface area (TPSA) is 38.8 Å². The molecule has 1 aliphatic heterocycles. The summed E-state index contributed by atoms with van der Waals surface area (Å²) in [4.78, 5) is 14.2. The summed E-state index contributed by atoms with van der Waals surface area (Å²) >= 11 is 6.11. The maximum Gasteiger partial charge on any atom is 0.254 e. The van der Waals surface area contributed by atoms with Crippen molar-refractivity contribution in [2.75, 3.05) is 27.3 Å². The molecule has 2 rings (SSSR count). The second-order valence-electron chi connectivity index (χ2n) is 4.56. The first-order chi connectivity index (χ1) is 9.15. The number of methoxy groups -OCH3 is 2. The SMILES string of the molecule is COc1ccc(C(=O)N2CCCC(Cl)C2)cc1OC. The van der Waals surface area contributed by atoms with Crippen molar-refractivity contribution in [3.05, 3.63) is 23.8 Å². The Hall–Kier alpha value is -1.42. The lowest BCUT2D eigenvalue weighted by atomic mass is 10.1. The predicted molar refractivity (Wildman–Crippen MR) is 74.3 cm³/mol. The van der Waals surface area contributed by atoms with Crippen LogP contribution in [0, 0.1) is 0 Å². The molecule has 0 N–H and O–H groups in total. The van der Waals surface area contributed by atoms with E-state index in [9.17, 15) is 4.79 Å². The van der Waals surface area contributed by atoms with Gasteiger partial charge in [-0.1, -0.05) is 0 Å². The van der Waals surface area contributed by atoms with Crippen molar-refractivity contribution in [2.45, 2.75) is 18.2 Å². The Labute approximate surface area is 118 Å². The second kappa shape index (κ2) is 6.15. The van der Waals surface area contributed by atoms with E-state index in [4.69, 9.17) is 21.1 Å². The monoisotopic (exact) mass is 283 g/mol. The Balaban J connectivity index is 2.19. The van der Waals surface area contributed by atoms with Crippen LogP contribution in [0.4, 0.5) is 0 Å². The minimum atomic E-state index is -0.00805. The molecule has 0 aromatic heterocycles. The number of carbonyl (C=O) groups excluding carboxylic acids is 1. The Morgan fingerprint density at radius 3 is 2.68 bits per heavy atom. The van der Waals surface area contributed by atoms with Gasteiger partial charge in [-0.05, 0) is 31.0 Å². The Bertz CT molecular complexity index is 464. The van der Waals surface area contributed by atoms with Gasteiger partial charge in [0.25, 0.3) is 5.91 Å². The molecule has 1 amide bonds. The minimum absolute atomic E-state index is 0.00805. The van der Waals surface area contributed by atoms with Crippen molar-refractivity contribution in [1.82, 2.24) is 4.90 Å². The van der Waals surface area contributed by atoms with Crippen LogP contribution in [0.25, 0.3) is 0 Å². The average Bonchev–Trinajstić information content (AvgIpc) is 2.45. The number of likely N-dealkylation sites (tertiary alicyclic amines) is 1. The van der Waals surface area contributed by atoms with Crippen LogP contribution in [0.5, 0.6) is 11.5 Å². The maximum absolute atomic E-state index is 12.4. The zero-order valence-electron chi connectivity index (χ0n) is 11.2. The first-order valence-corrected chi connectivity index (χ1v) is 6.74. The van der Waals surface area contributed by atoms with E-state index < -0.39 is 0 Å². The quantitative estimate of drug-likeness (QED) is 0.800. The van der Waals surface area contributed by atoms with Gasteiger partial charge in [0.15, 0.2) is 11.5 Å². The summed E-state index contributed by atoms with van der Waals surface area (Å²) in [6.07, 6.45) is 1.92. The smallest absolute Gasteiger partial charge is 0.254 e. The molecule has 0 radical (unpaired) electrons. The van der Waals surface area contributed by atoms with Crippen molar-refractivity contribution >= 4 is 17.5 Å². The molecule has 1 aromatic carbocycles. The number of rotatable bonds is 3. The summed E-state index contributed by atoms with van der Waals surface area (Å²) in [5.41, 5.74) is 0.600. The number of ether oxygens (including phenoxy) is 2. The molecule has 1 saturated heterocycles. The van der Waals surface area contributed by atoms with Gasteiger partial charge in [0.2, 0.25) is 0 Å². The van der Waals surface area contributed by atoms with E-state index in [-0.39, 0.29) is 11.3 Å². The third-order valence-electron chi connectivity index (χ3n) is 3.28. The largest absolute Gasteiger partial charge is 0.493 e. The third-order valence-corrected chi connectivity index (χ3v) is 3.64. The molecule has 1 unspecified atom stereocenters. The molecular formula is C14H18ClNO3. The Morgan fingerprint density at radius 1 is 1.32 bits per heavy atom. The minimum Gasteiger partial charge on any atom is -0.493 e. The lowest BCUT2D eigenvalue weighted by molar-refractivity contribution is 0.0726. The number of amides is 1. The van der Waals surface area contributed by atoms with E-state index >= 15 is 0 Å². The number of nitrogens with zero attached hydrogens (tertiary/aromatic N) is 1. The normalized spacial score (nSPS) is 19.1. The van der Waals surface area contributed by atoms with E-state index in [1.54, 1.807) is 37.3 Å². The summed E-state index contributed by atoms with van der Waals surface area (Å²) in [7, 11) is 3.13. The molecule has 0 saturated carbocycles. The van der Waals surface area contributed by atoms with Gasteiger partial charge >= 0.3 is 0 Å². The van der Waals surface area contributed by atoms with Crippen LogP contribution in [0.2, 0.25) is 0 Å². The number of benzene rings is 1. The van der Waals surface area contributed by atoms with Crippen molar-refractivity contribution in [3.8, 4) is 11.5 Å². The first-order valence-electron chi connectivity index (χ1n) is 6.31. The number of carbonyl (C=O) groups is 1. The van der Waals surface area contributed by atoms with Crippen molar-refractivity contribution in [2.24, 2.45) is 0 Å². The van der Waals surface area contributed by atoms with Crippen LogP contribution in [0.1, 0.15) is 23.2 Å². The molecule has 5 heteroatoms. The van der Waals surface area contributed by atoms with Gasteiger partial charge in [-0.15, -0.1) is 11.6 Å². The van der Waals surface area contributed by atoms with Gasteiger partial charge in [-0.25, -0.2) is 0 Å². The Kier molecular flexibility index (Phi) is 4.53. The molecule has 19 heavy (non-hydrogen) atoms.